The van der Waals surface area contributed by atoms with Gasteiger partial charge in [-0.3, -0.25) is 14.5 Å². The first-order valence-corrected chi connectivity index (χ1v) is 7.30. The van der Waals surface area contributed by atoms with Crippen LogP contribution in [0.1, 0.15) is 37.9 Å². The van der Waals surface area contributed by atoms with Gasteiger partial charge in [-0.1, -0.05) is 36.4 Å². The number of ether oxygens (including phenoxy) is 1. The summed E-state index contributed by atoms with van der Waals surface area (Å²) in [5.74, 6) is -0.464. The van der Waals surface area contributed by atoms with E-state index >= 15 is 0 Å². The number of amides is 2. The van der Waals surface area contributed by atoms with Crippen molar-refractivity contribution in [2.24, 2.45) is 0 Å². The number of rotatable bonds is 2. The first-order valence-electron chi connectivity index (χ1n) is 7.30. The Hall–Kier alpha value is -2.46. The van der Waals surface area contributed by atoms with E-state index in [4.69, 9.17) is 4.74 Å². The molecule has 1 aliphatic heterocycles. The van der Waals surface area contributed by atoms with E-state index in [1.165, 1.54) is 4.90 Å². The third-order valence-electron chi connectivity index (χ3n) is 4.55. The lowest BCUT2D eigenvalue weighted by Gasteiger charge is -2.27. The molecule has 4 heteroatoms. The molecule has 110 valence electrons. The molecule has 4 nitrogen and oxygen atoms in total. The van der Waals surface area contributed by atoms with Gasteiger partial charge in [0.15, 0.2) is 0 Å². The van der Waals surface area contributed by atoms with E-state index in [1.54, 1.807) is 31.4 Å². The second-order valence-electron chi connectivity index (χ2n) is 5.65. The van der Waals surface area contributed by atoms with Gasteiger partial charge >= 0.3 is 0 Å². The van der Waals surface area contributed by atoms with Crippen LogP contribution in [-0.2, 0) is 11.2 Å². The average molecular weight is 293 g/mol. The molecule has 2 aromatic carbocycles. The van der Waals surface area contributed by atoms with E-state index in [0.29, 0.717) is 17.5 Å². The Morgan fingerprint density at radius 3 is 2.18 bits per heavy atom. The largest absolute Gasteiger partial charge is 0.379 e. The van der Waals surface area contributed by atoms with Crippen LogP contribution in [0.25, 0.3) is 0 Å². The molecule has 1 heterocycles. The van der Waals surface area contributed by atoms with Gasteiger partial charge < -0.3 is 4.74 Å². The maximum atomic E-state index is 12.7. The van der Waals surface area contributed by atoms with Crippen LogP contribution < -0.4 is 0 Å². The molecule has 0 radical (unpaired) electrons. The summed E-state index contributed by atoms with van der Waals surface area (Å²) in [5.41, 5.74) is 3.10. The standard InChI is InChI=1S/C18H15NO3/c1-22-15-10-11-6-2-3-7-12(11)16(15)19-17(20)13-8-4-5-9-14(13)18(19)21/h2-9,15-16H,10H2,1H3/t15-,16-/m1/s1. The molecule has 1 aliphatic carbocycles. The van der Waals surface area contributed by atoms with Crippen molar-refractivity contribution in [1.82, 2.24) is 4.90 Å². The molecular formula is C18H15NO3. The second kappa shape index (κ2) is 4.78. The van der Waals surface area contributed by atoms with Crippen molar-refractivity contribution in [3.63, 3.8) is 0 Å². The molecule has 0 saturated carbocycles. The highest BCUT2D eigenvalue weighted by atomic mass is 16.5. The monoisotopic (exact) mass is 293 g/mol. The third kappa shape index (κ3) is 1.67. The van der Waals surface area contributed by atoms with Gasteiger partial charge in [0.1, 0.15) is 0 Å². The van der Waals surface area contributed by atoms with Crippen molar-refractivity contribution in [2.45, 2.75) is 18.6 Å². The molecule has 4 rings (SSSR count). The van der Waals surface area contributed by atoms with Crippen LogP contribution in [0.5, 0.6) is 0 Å². The summed E-state index contributed by atoms with van der Waals surface area (Å²) in [6.45, 7) is 0. The molecule has 0 N–H and O–H groups in total. The van der Waals surface area contributed by atoms with Gasteiger partial charge in [-0.15, -0.1) is 0 Å². The molecule has 0 bridgehead atoms. The lowest BCUT2D eigenvalue weighted by Crippen LogP contribution is -2.39. The van der Waals surface area contributed by atoms with Gasteiger partial charge in [-0.2, -0.15) is 0 Å². The van der Waals surface area contributed by atoms with E-state index in [-0.39, 0.29) is 24.0 Å². The fourth-order valence-corrected chi connectivity index (χ4v) is 3.52. The highest BCUT2D eigenvalue weighted by Crippen LogP contribution is 2.41. The summed E-state index contributed by atoms with van der Waals surface area (Å²) in [7, 11) is 1.63. The zero-order valence-corrected chi connectivity index (χ0v) is 12.2. The number of carbonyl (C=O) groups is 2. The minimum atomic E-state index is -0.353. The number of imide groups is 1. The second-order valence-corrected chi connectivity index (χ2v) is 5.65. The highest BCUT2D eigenvalue weighted by molar-refractivity contribution is 6.21. The number of carbonyl (C=O) groups excluding carboxylic acids is 2. The topological polar surface area (TPSA) is 46.6 Å². The number of nitrogens with zero attached hydrogens (tertiary/aromatic N) is 1. The normalized spacial score (nSPS) is 22.9. The van der Waals surface area contributed by atoms with Gasteiger partial charge in [-0.05, 0) is 23.3 Å². The number of hydrogen-bond donors (Lipinski definition) is 0. The summed E-state index contributed by atoms with van der Waals surface area (Å²) in [6.07, 6.45) is 0.518. The van der Waals surface area contributed by atoms with Crippen LogP contribution in [0, 0.1) is 0 Å². The first-order chi connectivity index (χ1) is 10.7. The minimum absolute atomic E-state index is 0.195. The van der Waals surface area contributed by atoms with Gasteiger partial charge in [0.2, 0.25) is 0 Å². The Bertz CT molecular complexity index is 748. The predicted molar refractivity (Wildman–Crippen MR) is 80.6 cm³/mol. The zero-order valence-electron chi connectivity index (χ0n) is 12.2. The molecule has 0 unspecified atom stereocenters. The highest BCUT2D eigenvalue weighted by Gasteiger charge is 2.46. The Labute approximate surface area is 128 Å². The van der Waals surface area contributed by atoms with Crippen LogP contribution >= 0.6 is 0 Å². The van der Waals surface area contributed by atoms with Crippen molar-refractivity contribution in [2.75, 3.05) is 7.11 Å². The summed E-state index contributed by atoms with van der Waals surface area (Å²) in [6, 6.07) is 14.5. The molecule has 2 aromatic rings. The van der Waals surface area contributed by atoms with Crippen molar-refractivity contribution in [1.29, 1.82) is 0 Å². The van der Waals surface area contributed by atoms with Gasteiger partial charge in [0, 0.05) is 13.5 Å². The van der Waals surface area contributed by atoms with E-state index in [9.17, 15) is 9.59 Å². The number of benzene rings is 2. The SMILES string of the molecule is CO[C@@H]1Cc2ccccc2[C@H]1N1C(=O)c2ccccc2C1=O. The quantitative estimate of drug-likeness (QED) is 0.800. The average Bonchev–Trinajstić information content (AvgIpc) is 3.04. The van der Waals surface area contributed by atoms with Crippen molar-refractivity contribution >= 4 is 11.8 Å². The molecule has 22 heavy (non-hydrogen) atoms. The summed E-state index contributed by atoms with van der Waals surface area (Å²) >= 11 is 0. The molecule has 0 saturated heterocycles. The van der Waals surface area contributed by atoms with Crippen LogP contribution in [0.4, 0.5) is 0 Å². The lowest BCUT2D eigenvalue weighted by molar-refractivity contribution is 0.0228. The summed E-state index contributed by atoms with van der Waals surface area (Å²) < 4.78 is 5.57. The van der Waals surface area contributed by atoms with Crippen LogP contribution in [0.15, 0.2) is 48.5 Å². The maximum absolute atomic E-state index is 12.7. The maximum Gasteiger partial charge on any atom is 0.262 e. The third-order valence-corrected chi connectivity index (χ3v) is 4.55. The lowest BCUT2D eigenvalue weighted by atomic mass is 10.1. The molecule has 2 atom stereocenters. The Balaban J connectivity index is 1.82. The van der Waals surface area contributed by atoms with Crippen molar-refractivity contribution < 1.29 is 14.3 Å². The van der Waals surface area contributed by atoms with Gasteiger partial charge in [0.05, 0.1) is 23.3 Å². The summed E-state index contributed by atoms with van der Waals surface area (Å²) in [5, 5.41) is 0. The van der Waals surface area contributed by atoms with E-state index in [1.807, 2.05) is 24.3 Å². The first kappa shape index (κ1) is 13.2. The number of methoxy groups -OCH3 is 1. The van der Waals surface area contributed by atoms with Gasteiger partial charge in [0.25, 0.3) is 11.8 Å². The minimum Gasteiger partial charge on any atom is -0.379 e. The van der Waals surface area contributed by atoms with Crippen molar-refractivity contribution in [3.8, 4) is 0 Å². The predicted octanol–water partition coefficient (Wildman–Crippen LogP) is 2.60. The summed E-state index contributed by atoms with van der Waals surface area (Å²) in [4.78, 5) is 26.8. The Kier molecular flexibility index (Phi) is 2.87. The zero-order chi connectivity index (χ0) is 15.3. The van der Waals surface area contributed by atoms with Crippen LogP contribution in [0.2, 0.25) is 0 Å². The van der Waals surface area contributed by atoms with E-state index < -0.39 is 0 Å². The van der Waals surface area contributed by atoms with E-state index in [2.05, 4.69) is 0 Å². The van der Waals surface area contributed by atoms with Gasteiger partial charge in [-0.25, -0.2) is 0 Å². The Morgan fingerprint density at radius 2 is 1.55 bits per heavy atom. The molecule has 0 spiro atoms. The fraction of sp³-hybridized carbons (Fsp3) is 0.222. The molecule has 2 amide bonds. The molecule has 0 aromatic heterocycles. The van der Waals surface area contributed by atoms with Crippen LogP contribution in [0.3, 0.4) is 0 Å². The Morgan fingerprint density at radius 1 is 0.955 bits per heavy atom. The molecule has 2 aliphatic rings. The van der Waals surface area contributed by atoms with Crippen molar-refractivity contribution in [3.05, 3.63) is 70.8 Å². The number of fused-ring (bicyclic) bond motifs is 2. The van der Waals surface area contributed by atoms with Crippen LogP contribution in [-0.4, -0.2) is 29.9 Å². The van der Waals surface area contributed by atoms with E-state index in [0.717, 1.165) is 11.1 Å². The fourth-order valence-electron chi connectivity index (χ4n) is 3.52. The molecular weight excluding hydrogens is 278 g/mol. The molecule has 0 fully saturated rings. The smallest absolute Gasteiger partial charge is 0.262 e. The number of hydrogen-bond acceptors (Lipinski definition) is 3.